The Morgan fingerprint density at radius 1 is 1.33 bits per heavy atom. The summed E-state index contributed by atoms with van der Waals surface area (Å²) in [7, 11) is 0. The largest absolute Gasteiger partial charge is 0.508 e. The van der Waals surface area contributed by atoms with Crippen molar-refractivity contribution in [2.45, 2.75) is 32.4 Å². The predicted octanol–water partition coefficient (Wildman–Crippen LogP) is 4.10. The maximum absolute atomic E-state index is 14.0. The van der Waals surface area contributed by atoms with Crippen LogP contribution in [0.5, 0.6) is 17.2 Å². The van der Waals surface area contributed by atoms with Crippen LogP contribution in [-0.2, 0) is 0 Å². The van der Waals surface area contributed by atoms with Crippen molar-refractivity contribution in [2.75, 3.05) is 13.2 Å². The first-order valence-corrected chi connectivity index (χ1v) is 8.22. The molecule has 2 N–H and O–H groups in total. The monoisotopic (exact) mass is 331 g/mol. The number of fused-ring (bicyclic) bond motifs is 1. The molecule has 0 bridgehead atoms. The summed E-state index contributed by atoms with van der Waals surface area (Å²) in [4.78, 5) is 0. The minimum absolute atomic E-state index is 0.0332. The molecule has 3 rings (SSSR count). The third-order valence-electron chi connectivity index (χ3n) is 4.23. The van der Waals surface area contributed by atoms with Gasteiger partial charge in [-0.3, -0.25) is 0 Å². The normalized spacial score (nSPS) is 17.7. The highest BCUT2D eigenvalue weighted by atomic mass is 19.1. The average Bonchev–Trinajstić information content (AvgIpc) is 2.58. The number of halogens is 1. The fourth-order valence-electron chi connectivity index (χ4n) is 3.06. The van der Waals surface area contributed by atoms with Crippen molar-refractivity contribution in [2.24, 2.45) is 0 Å². The van der Waals surface area contributed by atoms with Gasteiger partial charge in [0.1, 0.15) is 23.1 Å². The Labute approximate surface area is 141 Å². The van der Waals surface area contributed by atoms with E-state index in [0.29, 0.717) is 18.8 Å². The van der Waals surface area contributed by atoms with Gasteiger partial charge in [-0.1, -0.05) is 0 Å². The van der Waals surface area contributed by atoms with Crippen LogP contribution in [0.4, 0.5) is 4.39 Å². The summed E-state index contributed by atoms with van der Waals surface area (Å²) in [5, 5.41) is 13.1. The standard InChI is InChI=1S/C19H22FNO3/c1-3-23-14-5-7-19-16(11-14)18(8-9-24-19)21-12(2)15-10-13(22)4-6-17(15)20/h4-7,10-12,18,21-22H,3,8-9H2,1-2H3. The summed E-state index contributed by atoms with van der Waals surface area (Å²) in [5.41, 5.74) is 1.46. The molecule has 0 saturated carbocycles. The van der Waals surface area contributed by atoms with E-state index < -0.39 is 0 Å². The van der Waals surface area contributed by atoms with Crippen molar-refractivity contribution in [1.82, 2.24) is 5.32 Å². The maximum atomic E-state index is 14.0. The molecule has 0 spiro atoms. The van der Waals surface area contributed by atoms with E-state index in [1.165, 1.54) is 18.2 Å². The van der Waals surface area contributed by atoms with Crippen LogP contribution >= 0.6 is 0 Å². The second-order valence-corrected chi connectivity index (χ2v) is 5.92. The van der Waals surface area contributed by atoms with Crippen molar-refractivity contribution in [3.05, 3.63) is 53.3 Å². The van der Waals surface area contributed by atoms with E-state index in [4.69, 9.17) is 9.47 Å². The lowest BCUT2D eigenvalue weighted by atomic mass is 9.97. The van der Waals surface area contributed by atoms with Gasteiger partial charge in [0.05, 0.1) is 13.2 Å². The second kappa shape index (κ2) is 7.09. The van der Waals surface area contributed by atoms with Gasteiger partial charge in [0.25, 0.3) is 0 Å². The molecule has 24 heavy (non-hydrogen) atoms. The summed E-state index contributed by atoms with van der Waals surface area (Å²) in [6.07, 6.45) is 0.785. The molecule has 4 nitrogen and oxygen atoms in total. The number of ether oxygens (including phenoxy) is 2. The first-order chi connectivity index (χ1) is 11.6. The molecule has 2 aromatic carbocycles. The molecule has 1 aliphatic rings. The Hall–Kier alpha value is -2.27. The van der Waals surface area contributed by atoms with Gasteiger partial charge in [-0.05, 0) is 50.2 Å². The summed E-state index contributed by atoms with van der Waals surface area (Å²) in [6, 6.07) is 9.66. The van der Waals surface area contributed by atoms with Crippen molar-refractivity contribution in [3.8, 4) is 17.2 Å². The van der Waals surface area contributed by atoms with Crippen LogP contribution in [0.3, 0.4) is 0 Å². The molecule has 2 aromatic rings. The predicted molar refractivity (Wildman–Crippen MR) is 90.1 cm³/mol. The lowest BCUT2D eigenvalue weighted by Gasteiger charge is -2.30. The van der Waals surface area contributed by atoms with Crippen LogP contribution < -0.4 is 14.8 Å². The highest BCUT2D eigenvalue weighted by Crippen LogP contribution is 2.36. The quantitative estimate of drug-likeness (QED) is 0.866. The zero-order valence-electron chi connectivity index (χ0n) is 13.9. The van der Waals surface area contributed by atoms with Crippen LogP contribution in [0, 0.1) is 5.82 Å². The van der Waals surface area contributed by atoms with Crippen LogP contribution in [0.15, 0.2) is 36.4 Å². The molecule has 2 atom stereocenters. The molecule has 0 aliphatic carbocycles. The Bertz CT molecular complexity index is 720. The average molecular weight is 331 g/mol. The van der Waals surface area contributed by atoms with Gasteiger partial charge in [-0.15, -0.1) is 0 Å². The highest BCUT2D eigenvalue weighted by Gasteiger charge is 2.24. The number of phenols is 1. The SMILES string of the molecule is CCOc1ccc2c(c1)C(NC(C)c1cc(O)ccc1F)CCO2. The Morgan fingerprint density at radius 2 is 2.17 bits per heavy atom. The molecule has 0 amide bonds. The molecule has 1 aliphatic heterocycles. The number of hydrogen-bond acceptors (Lipinski definition) is 4. The molecule has 5 heteroatoms. The molecule has 128 valence electrons. The van der Waals surface area contributed by atoms with E-state index in [1.807, 2.05) is 32.0 Å². The molecule has 0 radical (unpaired) electrons. The third kappa shape index (κ3) is 3.46. The Balaban J connectivity index is 1.83. The first-order valence-electron chi connectivity index (χ1n) is 8.22. The number of hydrogen-bond donors (Lipinski definition) is 2. The second-order valence-electron chi connectivity index (χ2n) is 5.92. The van der Waals surface area contributed by atoms with E-state index in [9.17, 15) is 9.50 Å². The fourth-order valence-corrected chi connectivity index (χ4v) is 3.06. The number of benzene rings is 2. The number of phenolic OH excluding ortho intramolecular Hbond substituents is 1. The smallest absolute Gasteiger partial charge is 0.128 e. The van der Waals surface area contributed by atoms with E-state index in [0.717, 1.165) is 23.5 Å². The minimum Gasteiger partial charge on any atom is -0.508 e. The fraction of sp³-hybridized carbons (Fsp3) is 0.368. The van der Waals surface area contributed by atoms with Crippen LogP contribution in [0.2, 0.25) is 0 Å². The Kier molecular flexibility index (Phi) is 4.90. The van der Waals surface area contributed by atoms with Gasteiger partial charge in [0.2, 0.25) is 0 Å². The van der Waals surface area contributed by atoms with E-state index in [-0.39, 0.29) is 23.7 Å². The molecule has 0 fully saturated rings. The van der Waals surface area contributed by atoms with E-state index in [1.54, 1.807) is 0 Å². The zero-order chi connectivity index (χ0) is 17.1. The molecule has 2 unspecified atom stereocenters. The molecule has 0 aromatic heterocycles. The Morgan fingerprint density at radius 3 is 2.96 bits per heavy atom. The van der Waals surface area contributed by atoms with Crippen LogP contribution in [-0.4, -0.2) is 18.3 Å². The number of aromatic hydroxyl groups is 1. The zero-order valence-corrected chi connectivity index (χ0v) is 13.9. The van der Waals surface area contributed by atoms with Crippen molar-refractivity contribution in [1.29, 1.82) is 0 Å². The van der Waals surface area contributed by atoms with Crippen molar-refractivity contribution >= 4 is 0 Å². The van der Waals surface area contributed by atoms with Crippen LogP contribution in [0.1, 0.15) is 43.5 Å². The minimum atomic E-state index is -0.330. The van der Waals surface area contributed by atoms with Crippen molar-refractivity contribution in [3.63, 3.8) is 0 Å². The molecular weight excluding hydrogens is 309 g/mol. The maximum Gasteiger partial charge on any atom is 0.128 e. The number of rotatable bonds is 5. The highest BCUT2D eigenvalue weighted by molar-refractivity contribution is 5.43. The van der Waals surface area contributed by atoms with Crippen molar-refractivity contribution < 1.29 is 19.0 Å². The summed E-state index contributed by atoms with van der Waals surface area (Å²) in [5.74, 6) is 1.35. The van der Waals surface area contributed by atoms with Gasteiger partial charge >= 0.3 is 0 Å². The number of nitrogens with one attached hydrogen (secondary N) is 1. The lowest BCUT2D eigenvalue weighted by Crippen LogP contribution is -2.29. The lowest BCUT2D eigenvalue weighted by molar-refractivity contribution is 0.243. The summed E-state index contributed by atoms with van der Waals surface area (Å²) < 4.78 is 25.3. The summed E-state index contributed by atoms with van der Waals surface area (Å²) >= 11 is 0. The summed E-state index contributed by atoms with van der Waals surface area (Å²) in [6.45, 7) is 5.04. The van der Waals surface area contributed by atoms with Crippen LogP contribution in [0.25, 0.3) is 0 Å². The topological polar surface area (TPSA) is 50.7 Å². The third-order valence-corrected chi connectivity index (χ3v) is 4.23. The van der Waals surface area contributed by atoms with Gasteiger partial charge in [0.15, 0.2) is 0 Å². The van der Waals surface area contributed by atoms with Gasteiger partial charge in [-0.25, -0.2) is 4.39 Å². The van der Waals surface area contributed by atoms with E-state index in [2.05, 4.69) is 5.32 Å². The molecule has 1 heterocycles. The first kappa shape index (κ1) is 16.6. The van der Waals surface area contributed by atoms with Gasteiger partial charge in [0, 0.05) is 29.6 Å². The molecular formula is C19H22FNO3. The van der Waals surface area contributed by atoms with Gasteiger partial charge in [-0.2, -0.15) is 0 Å². The van der Waals surface area contributed by atoms with E-state index >= 15 is 0 Å². The van der Waals surface area contributed by atoms with Gasteiger partial charge < -0.3 is 19.9 Å². The molecule has 0 saturated heterocycles.